The zero-order chi connectivity index (χ0) is 31.8. The Morgan fingerprint density at radius 3 is 2.47 bits per heavy atom. The number of nitriles is 2. The molecule has 0 amide bonds. The van der Waals surface area contributed by atoms with Gasteiger partial charge >= 0.3 is 0 Å². The number of aliphatic hydroxyl groups is 1. The number of hydrogen-bond donors (Lipinski definition) is 1. The summed E-state index contributed by atoms with van der Waals surface area (Å²) in [5, 5.41) is 28.8. The summed E-state index contributed by atoms with van der Waals surface area (Å²) in [5.74, 6) is 2.47. The lowest BCUT2D eigenvalue weighted by Gasteiger charge is -2.26. The van der Waals surface area contributed by atoms with Crippen LogP contribution in [0.4, 0.5) is 0 Å². The highest BCUT2D eigenvalue weighted by Crippen LogP contribution is 2.38. The molecule has 1 aliphatic heterocycles. The van der Waals surface area contributed by atoms with Crippen molar-refractivity contribution in [1.82, 2.24) is 4.90 Å². The van der Waals surface area contributed by atoms with E-state index in [4.69, 9.17) is 30.5 Å². The van der Waals surface area contributed by atoms with Crippen LogP contribution in [0.15, 0.2) is 72.8 Å². The second-order valence-corrected chi connectivity index (χ2v) is 11.2. The summed E-state index contributed by atoms with van der Waals surface area (Å²) < 4.78 is 24.0. The van der Waals surface area contributed by atoms with Crippen molar-refractivity contribution in [1.29, 1.82) is 10.5 Å². The Morgan fingerprint density at radius 1 is 0.911 bits per heavy atom. The topological polar surface area (TPSA) is 108 Å². The first kappa shape index (κ1) is 31.7. The first-order chi connectivity index (χ1) is 21.9. The molecule has 9 heteroatoms. The number of halogens is 1. The van der Waals surface area contributed by atoms with Gasteiger partial charge in [0.05, 0.1) is 35.9 Å². The zero-order valence-electron chi connectivity index (χ0n) is 25.3. The van der Waals surface area contributed by atoms with Gasteiger partial charge in [-0.1, -0.05) is 48.0 Å². The van der Waals surface area contributed by atoms with Gasteiger partial charge in [0.15, 0.2) is 11.5 Å². The van der Waals surface area contributed by atoms with Crippen LogP contribution in [-0.4, -0.2) is 42.4 Å². The molecule has 1 atom stereocenters. The largest absolute Gasteiger partial charge is 0.488 e. The van der Waals surface area contributed by atoms with Crippen LogP contribution < -0.4 is 18.9 Å². The SMILES string of the molecule is Cc1c(COc2cc(OCc3cccc(C#N)c3)c(CN(CC#N)[C@H](C)CO)cc2Cl)cccc1-c1ccc2c(c1)OCCO2. The van der Waals surface area contributed by atoms with Gasteiger partial charge in [-0.05, 0) is 72.0 Å². The Morgan fingerprint density at radius 2 is 1.69 bits per heavy atom. The minimum absolute atomic E-state index is 0.0988. The van der Waals surface area contributed by atoms with Crippen molar-refractivity contribution in [2.24, 2.45) is 0 Å². The van der Waals surface area contributed by atoms with Crippen molar-refractivity contribution in [2.45, 2.75) is 39.6 Å². The van der Waals surface area contributed by atoms with Gasteiger partial charge in [0.25, 0.3) is 0 Å². The molecule has 8 nitrogen and oxygen atoms in total. The molecule has 0 radical (unpaired) electrons. The van der Waals surface area contributed by atoms with Crippen molar-refractivity contribution in [2.75, 3.05) is 26.4 Å². The molecular formula is C36H34ClN3O5. The van der Waals surface area contributed by atoms with Crippen LogP contribution in [0, 0.1) is 29.6 Å². The van der Waals surface area contributed by atoms with Crippen LogP contribution in [0.2, 0.25) is 5.02 Å². The van der Waals surface area contributed by atoms with Gasteiger partial charge in [0.2, 0.25) is 0 Å². The molecule has 0 aromatic heterocycles. The Bertz CT molecular complexity index is 1750. The lowest BCUT2D eigenvalue weighted by atomic mass is 9.96. The second-order valence-electron chi connectivity index (χ2n) is 10.8. The van der Waals surface area contributed by atoms with E-state index in [0.717, 1.165) is 44.9 Å². The summed E-state index contributed by atoms with van der Waals surface area (Å²) in [6, 6.07) is 26.9. The van der Waals surface area contributed by atoms with Crippen LogP contribution >= 0.6 is 11.6 Å². The third kappa shape index (κ3) is 7.68. The highest BCUT2D eigenvalue weighted by atomic mass is 35.5. The van der Waals surface area contributed by atoms with Crippen molar-refractivity contribution < 1.29 is 24.1 Å². The Balaban J connectivity index is 1.40. The molecule has 0 saturated carbocycles. The maximum absolute atomic E-state index is 9.76. The van der Waals surface area contributed by atoms with Gasteiger partial charge in [-0.2, -0.15) is 10.5 Å². The fraction of sp³-hybridized carbons (Fsp3) is 0.278. The normalized spacial score (nSPS) is 12.7. The monoisotopic (exact) mass is 623 g/mol. The number of fused-ring (bicyclic) bond motifs is 1. The molecule has 0 spiro atoms. The molecule has 230 valence electrons. The summed E-state index contributed by atoms with van der Waals surface area (Å²) in [6.07, 6.45) is 0. The van der Waals surface area contributed by atoms with Crippen LogP contribution in [0.3, 0.4) is 0 Å². The van der Waals surface area contributed by atoms with Crippen molar-refractivity contribution in [3.8, 4) is 46.3 Å². The van der Waals surface area contributed by atoms with E-state index in [-0.39, 0.29) is 32.4 Å². The Kier molecular flexibility index (Phi) is 10.4. The second kappa shape index (κ2) is 14.8. The predicted molar refractivity (Wildman–Crippen MR) is 171 cm³/mol. The number of ether oxygens (including phenoxy) is 4. The lowest BCUT2D eigenvalue weighted by molar-refractivity contribution is 0.140. The van der Waals surface area contributed by atoms with E-state index >= 15 is 0 Å². The van der Waals surface area contributed by atoms with Gasteiger partial charge in [-0.25, -0.2) is 0 Å². The lowest BCUT2D eigenvalue weighted by Crippen LogP contribution is -2.35. The average molecular weight is 624 g/mol. The van der Waals surface area contributed by atoms with Crippen LogP contribution in [0.5, 0.6) is 23.0 Å². The molecule has 4 aromatic carbocycles. The summed E-state index contributed by atoms with van der Waals surface area (Å²) in [6.45, 7) is 5.83. The zero-order valence-corrected chi connectivity index (χ0v) is 26.0. The number of benzene rings is 4. The van der Waals surface area contributed by atoms with Crippen molar-refractivity contribution in [3.63, 3.8) is 0 Å². The van der Waals surface area contributed by atoms with Gasteiger partial charge in [-0.3, -0.25) is 4.90 Å². The summed E-state index contributed by atoms with van der Waals surface area (Å²) in [4.78, 5) is 1.85. The third-order valence-electron chi connectivity index (χ3n) is 7.78. The number of hydrogen-bond acceptors (Lipinski definition) is 8. The van der Waals surface area contributed by atoms with E-state index in [1.54, 1.807) is 24.3 Å². The molecule has 0 aliphatic carbocycles. The maximum atomic E-state index is 9.76. The van der Waals surface area contributed by atoms with Crippen molar-refractivity contribution in [3.05, 3.63) is 106 Å². The summed E-state index contributed by atoms with van der Waals surface area (Å²) in [7, 11) is 0. The standard InChI is InChI=1S/C36H34ClN3O5/c1-24(21-41)40(12-11-38)20-30-16-32(37)35(18-34(30)44-22-27-6-3-5-26(15-27)19-39)45-23-29-7-4-8-31(25(29)2)28-9-10-33-36(17-28)43-14-13-42-33/h3-10,15-18,24,41H,12-14,20-23H2,1-2H3/t24-/m1/s1. The van der Waals surface area contributed by atoms with E-state index in [1.807, 2.05) is 54.3 Å². The molecule has 1 heterocycles. The Hall–Kier alpha value is -4.73. The molecule has 4 aromatic rings. The number of nitrogens with zero attached hydrogens (tertiary/aromatic N) is 3. The molecule has 5 rings (SSSR count). The summed E-state index contributed by atoms with van der Waals surface area (Å²) >= 11 is 6.76. The first-order valence-corrected chi connectivity index (χ1v) is 15.1. The highest BCUT2D eigenvalue weighted by Gasteiger charge is 2.19. The van der Waals surface area contributed by atoms with Crippen LogP contribution in [0.1, 0.15) is 34.7 Å². The minimum Gasteiger partial charge on any atom is -0.488 e. The summed E-state index contributed by atoms with van der Waals surface area (Å²) in [5.41, 5.74) is 6.28. The fourth-order valence-corrected chi connectivity index (χ4v) is 5.39. The van der Waals surface area contributed by atoms with E-state index in [9.17, 15) is 15.6 Å². The minimum atomic E-state index is -0.246. The van der Waals surface area contributed by atoms with E-state index in [0.29, 0.717) is 41.8 Å². The molecule has 1 aliphatic rings. The highest BCUT2D eigenvalue weighted by molar-refractivity contribution is 6.32. The molecule has 1 N–H and O–H groups in total. The predicted octanol–water partition coefficient (Wildman–Crippen LogP) is 6.82. The molecule has 45 heavy (non-hydrogen) atoms. The molecule has 0 unspecified atom stereocenters. The molecule has 0 fully saturated rings. The third-order valence-corrected chi connectivity index (χ3v) is 8.08. The fourth-order valence-electron chi connectivity index (χ4n) is 5.15. The Labute approximate surface area is 268 Å². The van der Waals surface area contributed by atoms with Gasteiger partial charge < -0.3 is 24.1 Å². The molecular weight excluding hydrogens is 590 g/mol. The van der Waals surface area contributed by atoms with Crippen LogP contribution in [0.25, 0.3) is 11.1 Å². The quantitative estimate of drug-likeness (QED) is 0.171. The molecule has 0 saturated heterocycles. The van der Waals surface area contributed by atoms with Gasteiger partial charge in [0.1, 0.15) is 37.9 Å². The number of aliphatic hydroxyl groups excluding tert-OH is 1. The van der Waals surface area contributed by atoms with E-state index in [2.05, 4.69) is 25.1 Å². The van der Waals surface area contributed by atoms with Crippen LogP contribution in [-0.2, 0) is 19.8 Å². The molecule has 0 bridgehead atoms. The van der Waals surface area contributed by atoms with Crippen molar-refractivity contribution >= 4 is 11.6 Å². The van der Waals surface area contributed by atoms with E-state index in [1.165, 1.54) is 0 Å². The maximum Gasteiger partial charge on any atom is 0.161 e. The van der Waals surface area contributed by atoms with Gasteiger partial charge in [0, 0.05) is 24.2 Å². The smallest absolute Gasteiger partial charge is 0.161 e. The average Bonchev–Trinajstić information content (AvgIpc) is 3.07. The first-order valence-electron chi connectivity index (χ1n) is 14.7. The van der Waals surface area contributed by atoms with E-state index < -0.39 is 0 Å². The number of rotatable bonds is 12. The van der Waals surface area contributed by atoms with Gasteiger partial charge in [-0.15, -0.1) is 0 Å².